The molecule has 0 aliphatic heterocycles. The van der Waals surface area contributed by atoms with Crippen LogP contribution < -0.4 is 0 Å². The monoisotopic (exact) mass is 227 g/mol. The Balaban J connectivity index is 0. The molecule has 0 rings (SSSR count). The fourth-order valence-corrected chi connectivity index (χ4v) is 0. The van der Waals surface area contributed by atoms with Crippen molar-refractivity contribution in [2.24, 2.45) is 0 Å². The Kier molecular flexibility index (Phi) is 13.8. The zero-order chi connectivity index (χ0) is 6.99. The molecule has 0 radical (unpaired) electrons. The number of aliphatic hydroxyl groups excluding tert-OH is 1. The van der Waals surface area contributed by atoms with Gasteiger partial charge in [-0.15, -0.1) is 0 Å². The third-order valence-electron chi connectivity index (χ3n) is 0.563. The zero-order valence-corrected chi connectivity index (χ0v) is 7.21. The highest BCUT2D eigenvalue weighted by molar-refractivity contribution is 14.1. The summed E-state index contributed by atoms with van der Waals surface area (Å²) in [6.07, 6.45) is 2.04. The minimum atomic E-state index is 0.750. The molecule has 0 aromatic carbocycles. The average Bonchev–Trinajstić information content (AvgIpc) is 1.69. The topological polar surface area (TPSA) is 44.0 Å². The lowest BCUT2D eigenvalue weighted by atomic mass is 10.4. The van der Waals surface area contributed by atoms with Gasteiger partial charge in [0.1, 0.15) is 0 Å². The third-order valence-corrected chi connectivity index (χ3v) is 1.44. The van der Waals surface area contributed by atoms with E-state index in [0.29, 0.717) is 0 Å². The van der Waals surface area contributed by atoms with Crippen LogP contribution in [0.5, 0.6) is 0 Å². The SMILES string of the molecule is CCC(C)I.N#CO. The maximum Gasteiger partial charge on any atom is 0.283 e. The molecule has 0 saturated heterocycles. The summed E-state index contributed by atoms with van der Waals surface area (Å²) in [5.41, 5.74) is 0. The number of nitrogens with zero attached hydrogens (tertiary/aromatic N) is 1. The number of aliphatic hydroxyl groups is 1. The van der Waals surface area contributed by atoms with E-state index in [4.69, 9.17) is 10.4 Å². The summed E-state index contributed by atoms with van der Waals surface area (Å²) in [6, 6.07) is 0. The van der Waals surface area contributed by atoms with E-state index < -0.39 is 0 Å². The van der Waals surface area contributed by atoms with Crippen LogP contribution in [0, 0.1) is 11.5 Å². The lowest BCUT2D eigenvalue weighted by Gasteiger charge is -1.88. The highest BCUT2D eigenvalue weighted by atomic mass is 127. The number of alkyl halides is 1. The minimum absolute atomic E-state index is 0.750. The molecule has 1 N–H and O–H groups in total. The van der Waals surface area contributed by atoms with Crippen LogP contribution in [0.25, 0.3) is 0 Å². The van der Waals surface area contributed by atoms with E-state index in [-0.39, 0.29) is 0 Å². The molecule has 0 amide bonds. The number of hydrogen-bond acceptors (Lipinski definition) is 2. The fraction of sp³-hybridized carbons (Fsp3) is 0.800. The molecular formula is C5H10INO. The van der Waals surface area contributed by atoms with Gasteiger partial charge in [-0.25, -0.2) is 0 Å². The van der Waals surface area contributed by atoms with Crippen LogP contribution in [-0.2, 0) is 0 Å². The highest BCUT2D eigenvalue weighted by Gasteiger charge is 1.82. The second-order valence-corrected chi connectivity index (χ2v) is 3.42. The summed E-state index contributed by atoms with van der Waals surface area (Å²) in [4.78, 5) is 0. The van der Waals surface area contributed by atoms with Gasteiger partial charge in [-0.1, -0.05) is 36.4 Å². The first-order valence-corrected chi connectivity index (χ1v) is 3.60. The van der Waals surface area contributed by atoms with Crippen LogP contribution in [0.3, 0.4) is 0 Å². The van der Waals surface area contributed by atoms with Crippen molar-refractivity contribution < 1.29 is 5.11 Å². The molecule has 0 bridgehead atoms. The van der Waals surface area contributed by atoms with E-state index in [2.05, 4.69) is 36.4 Å². The summed E-state index contributed by atoms with van der Waals surface area (Å²) in [5.74, 6) is 0. The quantitative estimate of drug-likeness (QED) is 0.423. The lowest BCUT2D eigenvalue weighted by molar-refractivity contribution is 0.503. The summed E-state index contributed by atoms with van der Waals surface area (Å²) < 4.78 is 0.854. The van der Waals surface area contributed by atoms with Gasteiger partial charge >= 0.3 is 0 Å². The third kappa shape index (κ3) is 37.2. The Morgan fingerprint density at radius 2 is 2.00 bits per heavy atom. The van der Waals surface area contributed by atoms with E-state index >= 15 is 0 Å². The molecule has 0 heterocycles. The van der Waals surface area contributed by atoms with Crippen molar-refractivity contribution in [3.05, 3.63) is 0 Å². The number of hydrogen-bond donors (Lipinski definition) is 1. The van der Waals surface area contributed by atoms with Crippen LogP contribution >= 0.6 is 22.6 Å². The van der Waals surface area contributed by atoms with Crippen LogP contribution in [0.4, 0.5) is 0 Å². The number of nitriles is 1. The number of halogens is 1. The molecule has 1 unspecified atom stereocenters. The summed E-state index contributed by atoms with van der Waals surface area (Å²) in [5, 5.41) is 13.8. The lowest BCUT2D eigenvalue weighted by Crippen LogP contribution is -1.79. The molecule has 1 atom stereocenters. The van der Waals surface area contributed by atoms with Gasteiger partial charge in [0.25, 0.3) is 6.26 Å². The van der Waals surface area contributed by atoms with Crippen molar-refractivity contribution in [2.75, 3.05) is 0 Å². The van der Waals surface area contributed by atoms with Gasteiger partial charge in [0.05, 0.1) is 0 Å². The van der Waals surface area contributed by atoms with Crippen molar-refractivity contribution in [2.45, 2.75) is 24.2 Å². The molecule has 8 heavy (non-hydrogen) atoms. The van der Waals surface area contributed by atoms with E-state index in [9.17, 15) is 0 Å². The summed E-state index contributed by atoms with van der Waals surface area (Å²) >= 11 is 2.41. The normalized spacial score (nSPS) is 10.2. The fourth-order valence-electron chi connectivity index (χ4n) is 0. The Bertz CT molecular complexity index is 67.3. The molecule has 3 heteroatoms. The van der Waals surface area contributed by atoms with Crippen molar-refractivity contribution in [3.63, 3.8) is 0 Å². The van der Waals surface area contributed by atoms with Gasteiger partial charge in [-0.3, -0.25) is 0 Å². The van der Waals surface area contributed by atoms with Crippen molar-refractivity contribution in [3.8, 4) is 6.26 Å². The van der Waals surface area contributed by atoms with Crippen molar-refractivity contribution >= 4 is 22.6 Å². The first kappa shape index (κ1) is 10.9. The molecule has 0 aromatic rings. The van der Waals surface area contributed by atoms with Crippen LogP contribution in [0.1, 0.15) is 20.3 Å². The molecule has 0 aliphatic rings. The molecule has 0 spiro atoms. The van der Waals surface area contributed by atoms with Crippen LogP contribution in [0.2, 0.25) is 0 Å². The Labute approximate surface area is 63.7 Å². The standard InChI is InChI=1S/C4H9I.CHNO/c1-3-4(2)5;2-1-3/h4H,3H2,1-2H3;3H. The predicted octanol–water partition coefficient (Wildman–Crippen LogP) is 2.06. The van der Waals surface area contributed by atoms with Gasteiger partial charge in [0.15, 0.2) is 0 Å². The van der Waals surface area contributed by atoms with Gasteiger partial charge in [0.2, 0.25) is 0 Å². The van der Waals surface area contributed by atoms with E-state index in [1.165, 1.54) is 6.42 Å². The van der Waals surface area contributed by atoms with Crippen LogP contribution in [0.15, 0.2) is 0 Å². The van der Waals surface area contributed by atoms with E-state index in [1.807, 2.05) is 0 Å². The van der Waals surface area contributed by atoms with Crippen molar-refractivity contribution in [1.82, 2.24) is 0 Å². The Morgan fingerprint density at radius 1 is 1.88 bits per heavy atom. The Morgan fingerprint density at radius 3 is 2.00 bits per heavy atom. The van der Waals surface area contributed by atoms with E-state index in [1.54, 1.807) is 0 Å². The minimum Gasteiger partial charge on any atom is -0.443 e. The van der Waals surface area contributed by atoms with Crippen LogP contribution in [-0.4, -0.2) is 9.03 Å². The van der Waals surface area contributed by atoms with Crippen molar-refractivity contribution in [1.29, 1.82) is 5.26 Å². The molecule has 2 nitrogen and oxygen atoms in total. The first-order chi connectivity index (χ1) is 3.68. The summed E-state index contributed by atoms with van der Waals surface area (Å²) in [6.45, 7) is 4.40. The second kappa shape index (κ2) is 10.1. The highest BCUT2D eigenvalue weighted by Crippen LogP contribution is 2.00. The van der Waals surface area contributed by atoms with Gasteiger partial charge < -0.3 is 5.11 Å². The molecule has 0 aromatic heterocycles. The van der Waals surface area contributed by atoms with E-state index in [0.717, 1.165) is 10.2 Å². The second-order valence-electron chi connectivity index (χ2n) is 1.29. The molecule has 0 fully saturated rings. The maximum atomic E-state index is 6.88. The van der Waals surface area contributed by atoms with Gasteiger partial charge in [0, 0.05) is 3.92 Å². The molecule has 0 aliphatic carbocycles. The average molecular weight is 227 g/mol. The maximum absolute atomic E-state index is 6.88. The zero-order valence-electron chi connectivity index (χ0n) is 5.06. The molecule has 0 saturated carbocycles. The first-order valence-electron chi connectivity index (χ1n) is 2.36. The molecule has 48 valence electrons. The number of rotatable bonds is 1. The summed E-state index contributed by atoms with van der Waals surface area (Å²) in [7, 11) is 0. The van der Waals surface area contributed by atoms with Gasteiger partial charge in [-0.05, 0) is 6.42 Å². The predicted molar refractivity (Wildman–Crippen MR) is 41.3 cm³/mol. The molecular weight excluding hydrogens is 217 g/mol. The largest absolute Gasteiger partial charge is 0.443 e. The smallest absolute Gasteiger partial charge is 0.283 e. The Hall–Kier alpha value is 0.0200. The van der Waals surface area contributed by atoms with Gasteiger partial charge in [-0.2, -0.15) is 5.26 Å².